The zero-order chi connectivity index (χ0) is 13.5. The summed E-state index contributed by atoms with van der Waals surface area (Å²) < 4.78 is 11.3. The topological polar surface area (TPSA) is 82.3 Å². The van der Waals surface area contributed by atoms with E-state index in [9.17, 15) is 0 Å². The van der Waals surface area contributed by atoms with Gasteiger partial charge < -0.3 is 14.9 Å². The maximum atomic E-state index is 5.68. The summed E-state index contributed by atoms with van der Waals surface area (Å²) in [6, 6.07) is 9.05. The van der Waals surface area contributed by atoms with Crippen LogP contribution in [0.4, 0.5) is 5.82 Å². The maximum absolute atomic E-state index is 5.68. The van der Waals surface area contributed by atoms with Crippen molar-refractivity contribution < 1.29 is 9.47 Å². The van der Waals surface area contributed by atoms with E-state index in [0.29, 0.717) is 29.8 Å². The summed E-state index contributed by atoms with van der Waals surface area (Å²) in [6.45, 7) is 2.69. The average molecular weight is 260 g/mol. The van der Waals surface area contributed by atoms with Crippen molar-refractivity contribution in [3.63, 3.8) is 0 Å². The first-order valence-corrected chi connectivity index (χ1v) is 6.02. The third-order valence-electron chi connectivity index (χ3n) is 2.32. The van der Waals surface area contributed by atoms with Gasteiger partial charge in [0.1, 0.15) is 12.1 Å². The Kier molecular flexibility index (Phi) is 4.52. The second-order valence-electron chi connectivity index (χ2n) is 3.78. The monoisotopic (exact) mass is 260 g/mol. The fraction of sp³-hybridized carbons (Fsp3) is 0.231. The van der Waals surface area contributed by atoms with Crippen LogP contribution in [0, 0.1) is 0 Å². The van der Waals surface area contributed by atoms with E-state index >= 15 is 0 Å². The minimum Gasteiger partial charge on any atom is -0.490 e. The minimum absolute atomic E-state index is 0.399. The lowest BCUT2D eigenvalue weighted by Gasteiger charge is -2.11. The number of hydrogen-bond donors (Lipinski definition) is 2. The summed E-state index contributed by atoms with van der Waals surface area (Å²) in [5.41, 5.74) is 2.44. The summed E-state index contributed by atoms with van der Waals surface area (Å²) >= 11 is 0. The molecule has 0 spiro atoms. The molecule has 0 aliphatic rings. The Morgan fingerprint density at radius 2 is 2.00 bits per heavy atom. The number of hydrogen-bond acceptors (Lipinski definition) is 6. The first-order valence-electron chi connectivity index (χ1n) is 6.02. The lowest BCUT2D eigenvalue weighted by Crippen LogP contribution is -2.08. The van der Waals surface area contributed by atoms with Crippen molar-refractivity contribution in [3.8, 4) is 17.4 Å². The summed E-state index contributed by atoms with van der Waals surface area (Å²) in [7, 11) is 0. The highest BCUT2D eigenvalue weighted by atomic mass is 16.5. The molecule has 1 heterocycles. The van der Waals surface area contributed by atoms with Crippen LogP contribution in [0.1, 0.15) is 13.3 Å². The van der Waals surface area contributed by atoms with Crippen molar-refractivity contribution in [2.45, 2.75) is 13.3 Å². The second kappa shape index (κ2) is 6.55. The Morgan fingerprint density at radius 1 is 1.21 bits per heavy atom. The predicted octanol–water partition coefficient (Wildman–Crippen LogP) is 2.34. The van der Waals surface area contributed by atoms with Gasteiger partial charge in [0.25, 0.3) is 0 Å². The number of nitrogens with zero attached hydrogens (tertiary/aromatic N) is 2. The number of aromatic nitrogens is 2. The number of para-hydroxylation sites is 2. The van der Waals surface area contributed by atoms with Crippen LogP contribution in [0.5, 0.6) is 17.4 Å². The summed E-state index contributed by atoms with van der Waals surface area (Å²) in [4.78, 5) is 7.93. The average Bonchev–Trinajstić information content (AvgIpc) is 2.46. The molecule has 0 bridgehead atoms. The number of hydrazine groups is 1. The lowest BCUT2D eigenvalue weighted by molar-refractivity contribution is 0.300. The van der Waals surface area contributed by atoms with Gasteiger partial charge in [0, 0.05) is 6.07 Å². The number of benzene rings is 1. The van der Waals surface area contributed by atoms with E-state index in [4.69, 9.17) is 15.3 Å². The fourth-order valence-corrected chi connectivity index (χ4v) is 1.45. The van der Waals surface area contributed by atoms with Crippen LogP contribution in [0.2, 0.25) is 0 Å². The third-order valence-corrected chi connectivity index (χ3v) is 2.32. The van der Waals surface area contributed by atoms with Crippen LogP contribution in [-0.4, -0.2) is 16.6 Å². The van der Waals surface area contributed by atoms with E-state index in [0.717, 1.165) is 6.42 Å². The van der Waals surface area contributed by atoms with Crippen LogP contribution in [0.3, 0.4) is 0 Å². The normalized spacial score (nSPS) is 10.0. The first-order chi connectivity index (χ1) is 9.33. The molecule has 6 heteroatoms. The summed E-state index contributed by atoms with van der Waals surface area (Å²) in [6.07, 6.45) is 2.31. The molecule has 2 rings (SSSR count). The first kappa shape index (κ1) is 13.1. The van der Waals surface area contributed by atoms with E-state index in [1.807, 2.05) is 31.2 Å². The van der Waals surface area contributed by atoms with Crippen molar-refractivity contribution >= 4 is 5.82 Å². The molecule has 0 aliphatic carbocycles. The van der Waals surface area contributed by atoms with Gasteiger partial charge in [-0.2, -0.15) is 0 Å². The molecule has 0 fully saturated rings. The van der Waals surface area contributed by atoms with Gasteiger partial charge in [0.15, 0.2) is 11.5 Å². The van der Waals surface area contributed by atoms with E-state index in [2.05, 4.69) is 15.4 Å². The van der Waals surface area contributed by atoms with Gasteiger partial charge in [-0.3, -0.25) is 0 Å². The van der Waals surface area contributed by atoms with Crippen molar-refractivity contribution in [1.29, 1.82) is 0 Å². The summed E-state index contributed by atoms with van der Waals surface area (Å²) in [5, 5.41) is 0. The van der Waals surface area contributed by atoms with Crippen molar-refractivity contribution in [3.05, 3.63) is 36.7 Å². The number of ether oxygens (including phenoxy) is 2. The SMILES string of the molecule is CCCOc1ccccc1Oc1cc(NN)ncn1. The Bertz CT molecular complexity index is 534. The van der Waals surface area contributed by atoms with Crippen LogP contribution in [0.15, 0.2) is 36.7 Å². The standard InChI is InChI=1S/C13H16N4O2/c1-2-7-18-10-5-3-4-6-11(10)19-13-8-12(17-14)15-9-16-13/h3-6,8-9H,2,7,14H2,1H3,(H,15,16,17). The number of nitrogens with two attached hydrogens (primary N) is 1. The van der Waals surface area contributed by atoms with Gasteiger partial charge >= 0.3 is 0 Å². The van der Waals surface area contributed by atoms with Gasteiger partial charge in [-0.25, -0.2) is 15.8 Å². The molecule has 1 aromatic carbocycles. The van der Waals surface area contributed by atoms with Crippen molar-refractivity contribution in [1.82, 2.24) is 9.97 Å². The highest BCUT2D eigenvalue weighted by Crippen LogP contribution is 2.30. The molecule has 6 nitrogen and oxygen atoms in total. The van der Waals surface area contributed by atoms with Gasteiger partial charge in [0.05, 0.1) is 6.61 Å². The largest absolute Gasteiger partial charge is 0.490 e. The molecule has 0 unspecified atom stereocenters. The molecule has 100 valence electrons. The zero-order valence-corrected chi connectivity index (χ0v) is 10.7. The van der Waals surface area contributed by atoms with E-state index < -0.39 is 0 Å². The van der Waals surface area contributed by atoms with Crippen molar-refractivity contribution in [2.24, 2.45) is 5.84 Å². The van der Waals surface area contributed by atoms with E-state index in [1.54, 1.807) is 6.07 Å². The Balaban J connectivity index is 2.17. The molecular weight excluding hydrogens is 244 g/mol. The molecule has 0 saturated carbocycles. The molecule has 1 aromatic heterocycles. The van der Waals surface area contributed by atoms with Crippen molar-refractivity contribution in [2.75, 3.05) is 12.0 Å². The van der Waals surface area contributed by atoms with Crippen LogP contribution >= 0.6 is 0 Å². The molecule has 0 amide bonds. The zero-order valence-electron chi connectivity index (χ0n) is 10.7. The number of nitrogens with one attached hydrogen (secondary N) is 1. The molecule has 0 saturated heterocycles. The third kappa shape index (κ3) is 3.56. The molecule has 0 atom stereocenters. The molecule has 3 N–H and O–H groups in total. The van der Waals surface area contributed by atoms with Crippen LogP contribution in [-0.2, 0) is 0 Å². The predicted molar refractivity (Wildman–Crippen MR) is 72.1 cm³/mol. The van der Waals surface area contributed by atoms with Gasteiger partial charge in [-0.15, -0.1) is 0 Å². The quantitative estimate of drug-likeness (QED) is 0.612. The Morgan fingerprint density at radius 3 is 2.74 bits per heavy atom. The van der Waals surface area contributed by atoms with Gasteiger partial charge in [-0.05, 0) is 18.6 Å². The molecule has 0 aliphatic heterocycles. The fourth-order valence-electron chi connectivity index (χ4n) is 1.45. The minimum atomic E-state index is 0.399. The smallest absolute Gasteiger partial charge is 0.224 e. The maximum Gasteiger partial charge on any atom is 0.224 e. The Hall–Kier alpha value is -2.34. The number of nitrogen functional groups attached to an aromatic ring is 1. The Labute approximate surface area is 111 Å². The van der Waals surface area contributed by atoms with Crippen LogP contribution < -0.4 is 20.7 Å². The van der Waals surface area contributed by atoms with Crippen LogP contribution in [0.25, 0.3) is 0 Å². The molecule has 0 radical (unpaired) electrons. The highest BCUT2D eigenvalue weighted by molar-refractivity contribution is 5.43. The van der Waals surface area contributed by atoms with E-state index in [1.165, 1.54) is 6.33 Å². The van der Waals surface area contributed by atoms with E-state index in [-0.39, 0.29) is 0 Å². The molecular formula is C13H16N4O2. The lowest BCUT2D eigenvalue weighted by atomic mass is 10.3. The number of rotatable bonds is 6. The molecule has 2 aromatic rings. The summed E-state index contributed by atoms with van der Waals surface area (Å²) in [5.74, 6) is 7.46. The molecule has 19 heavy (non-hydrogen) atoms. The number of anilines is 1. The highest BCUT2D eigenvalue weighted by Gasteiger charge is 2.06. The second-order valence-corrected chi connectivity index (χ2v) is 3.78. The van der Waals surface area contributed by atoms with Gasteiger partial charge in [0.2, 0.25) is 5.88 Å². The van der Waals surface area contributed by atoms with Gasteiger partial charge in [-0.1, -0.05) is 19.1 Å².